The fraction of sp³-hybridized carbons (Fsp3) is 0.720. The maximum Gasteiger partial charge on any atom is 0.410 e. The minimum atomic E-state index is -3.76. The van der Waals surface area contributed by atoms with Gasteiger partial charge in [-0.2, -0.15) is 4.31 Å². The normalized spacial score (nSPS) is 27.2. The van der Waals surface area contributed by atoms with Gasteiger partial charge in [0.05, 0.1) is 17.5 Å². The van der Waals surface area contributed by atoms with Gasteiger partial charge in [-0.15, -0.1) is 0 Å². The first-order valence-corrected chi connectivity index (χ1v) is 14.3. The number of carbonyl (C=O) groups excluding carboxylic acids is 1. The summed E-state index contributed by atoms with van der Waals surface area (Å²) >= 11 is 6.02. The fourth-order valence-corrected chi connectivity index (χ4v) is 7.78. The van der Waals surface area contributed by atoms with E-state index < -0.39 is 15.6 Å². The average Bonchev–Trinajstić information content (AvgIpc) is 3.75. The Hall–Kier alpha value is -1.39. The number of piperazine rings is 1. The number of amides is 1. The highest BCUT2D eigenvalue weighted by Gasteiger charge is 2.61. The van der Waals surface area contributed by atoms with Crippen molar-refractivity contribution in [3.05, 3.63) is 29.3 Å². The second-order valence-corrected chi connectivity index (χ2v) is 12.4. The van der Waals surface area contributed by atoms with Crippen molar-refractivity contribution in [3.8, 4) is 0 Å². The molecule has 4 fully saturated rings. The summed E-state index contributed by atoms with van der Waals surface area (Å²) in [6.07, 6.45) is 5.63. The third-order valence-corrected chi connectivity index (χ3v) is 10.1. The number of ether oxygens (including phenoxy) is 1. The van der Waals surface area contributed by atoms with Crippen LogP contribution in [-0.4, -0.2) is 90.7 Å². The molecule has 2 aliphatic heterocycles. The van der Waals surface area contributed by atoms with E-state index >= 15 is 0 Å². The van der Waals surface area contributed by atoms with Crippen LogP contribution in [0, 0.1) is 5.92 Å². The Morgan fingerprint density at radius 3 is 2.29 bits per heavy atom. The summed E-state index contributed by atoms with van der Waals surface area (Å²) in [7, 11) is -3.76. The van der Waals surface area contributed by atoms with Crippen molar-refractivity contribution in [2.24, 2.45) is 5.92 Å². The zero-order chi connectivity index (χ0) is 23.9. The number of hydrogen-bond donors (Lipinski definition) is 1. The highest BCUT2D eigenvalue weighted by molar-refractivity contribution is 7.89. The van der Waals surface area contributed by atoms with Crippen LogP contribution < -0.4 is 0 Å². The van der Waals surface area contributed by atoms with E-state index in [2.05, 4.69) is 4.90 Å². The van der Waals surface area contributed by atoms with Crippen molar-refractivity contribution in [3.63, 3.8) is 0 Å². The minimum Gasteiger partial charge on any atom is -0.441 e. The van der Waals surface area contributed by atoms with Gasteiger partial charge >= 0.3 is 6.09 Å². The van der Waals surface area contributed by atoms with Gasteiger partial charge in [-0.1, -0.05) is 25.4 Å². The molecule has 0 radical (unpaired) electrons. The first-order valence-electron chi connectivity index (χ1n) is 12.4. The first kappa shape index (κ1) is 26.7. The summed E-state index contributed by atoms with van der Waals surface area (Å²) in [4.78, 5) is 17.2. The van der Waals surface area contributed by atoms with Crippen LogP contribution in [0.5, 0.6) is 0 Å². The van der Waals surface area contributed by atoms with Gasteiger partial charge in [0.1, 0.15) is 5.60 Å². The molecular weight excluding hydrogens is 490 g/mol. The van der Waals surface area contributed by atoms with Crippen molar-refractivity contribution in [1.29, 1.82) is 0 Å². The molecule has 1 N–H and O–H groups in total. The van der Waals surface area contributed by atoms with Gasteiger partial charge in [0.25, 0.3) is 0 Å². The monoisotopic (exact) mass is 527 g/mol. The molecule has 1 aromatic carbocycles. The topological polar surface area (TPSA) is 90.4 Å². The van der Waals surface area contributed by atoms with E-state index in [4.69, 9.17) is 21.4 Å². The summed E-state index contributed by atoms with van der Waals surface area (Å²) < 4.78 is 35.7. The molecule has 4 aliphatic rings. The number of carbonyl (C=O) groups is 1. The van der Waals surface area contributed by atoms with Crippen LogP contribution in [0.3, 0.4) is 0 Å². The largest absolute Gasteiger partial charge is 0.441 e. The van der Waals surface area contributed by atoms with E-state index in [0.29, 0.717) is 62.9 Å². The number of benzene rings is 1. The Balaban J connectivity index is 0.00000289. The van der Waals surface area contributed by atoms with Gasteiger partial charge in [-0.3, -0.25) is 4.90 Å². The highest BCUT2D eigenvalue weighted by atomic mass is 35.5. The van der Waals surface area contributed by atoms with E-state index in [1.165, 1.54) is 0 Å². The highest BCUT2D eigenvalue weighted by Crippen LogP contribution is 2.53. The molecule has 0 spiro atoms. The SMILES string of the molecule is C.O=C(OC1([C@H]2CCC[C@@H](C3CC3)N2S(=O)(=O)c2ccc(Cl)cc2)CC1)N1CCN(CCO)CC1. The number of aliphatic hydroxyl groups excluding tert-OH is 1. The van der Waals surface area contributed by atoms with Gasteiger partial charge in [-0.25, -0.2) is 13.2 Å². The van der Waals surface area contributed by atoms with Crippen LogP contribution in [0.4, 0.5) is 4.79 Å². The zero-order valence-electron chi connectivity index (χ0n) is 19.4. The maximum absolute atomic E-state index is 13.9. The van der Waals surface area contributed by atoms with E-state index in [0.717, 1.165) is 25.7 Å². The van der Waals surface area contributed by atoms with Crippen LogP contribution in [0.15, 0.2) is 29.2 Å². The number of hydrogen-bond acceptors (Lipinski definition) is 6. The van der Waals surface area contributed by atoms with Crippen molar-refractivity contribution in [1.82, 2.24) is 14.1 Å². The summed E-state index contributed by atoms with van der Waals surface area (Å²) in [5.41, 5.74) is -0.744. The molecule has 1 aromatic rings. The van der Waals surface area contributed by atoms with Crippen molar-refractivity contribution in [2.75, 3.05) is 39.3 Å². The Morgan fingerprint density at radius 2 is 1.71 bits per heavy atom. The van der Waals surface area contributed by atoms with E-state index in [-0.39, 0.29) is 37.1 Å². The molecule has 0 aromatic heterocycles. The smallest absolute Gasteiger partial charge is 0.410 e. The van der Waals surface area contributed by atoms with Crippen molar-refractivity contribution in [2.45, 2.75) is 75.0 Å². The molecule has 0 unspecified atom stereocenters. The van der Waals surface area contributed by atoms with Gasteiger partial charge in [0.2, 0.25) is 10.0 Å². The van der Waals surface area contributed by atoms with Crippen LogP contribution >= 0.6 is 11.6 Å². The standard InChI is InChI=1S/C24H34ClN3O5S.CH4/c25-19-6-8-20(9-7-19)34(31,32)28-21(18-4-5-18)2-1-3-22(28)24(10-11-24)33-23(30)27-14-12-26(13-15-27)16-17-29;/h6-9,18,21-22,29H,1-5,10-17H2;1H4/t21-,22+;/m0./s1. The molecule has 2 heterocycles. The van der Waals surface area contributed by atoms with Crippen LogP contribution in [-0.2, 0) is 14.8 Å². The van der Waals surface area contributed by atoms with Crippen LogP contribution in [0.1, 0.15) is 52.4 Å². The van der Waals surface area contributed by atoms with Crippen molar-refractivity contribution >= 4 is 27.7 Å². The van der Waals surface area contributed by atoms with Crippen molar-refractivity contribution < 1.29 is 23.1 Å². The lowest BCUT2D eigenvalue weighted by molar-refractivity contribution is -0.0164. The second-order valence-electron chi connectivity index (χ2n) is 10.1. The van der Waals surface area contributed by atoms with E-state index in [1.54, 1.807) is 33.5 Å². The fourth-order valence-electron chi connectivity index (χ4n) is 5.66. The molecule has 196 valence electrons. The molecule has 2 aliphatic carbocycles. The quantitative estimate of drug-likeness (QED) is 0.583. The maximum atomic E-state index is 13.9. The molecule has 2 saturated carbocycles. The average molecular weight is 528 g/mol. The predicted octanol–water partition coefficient (Wildman–Crippen LogP) is 3.58. The number of aliphatic hydroxyl groups is 1. The number of piperidine rings is 1. The molecule has 5 rings (SSSR count). The third kappa shape index (κ3) is 5.49. The Labute approximate surface area is 214 Å². The van der Waals surface area contributed by atoms with Gasteiger partial charge in [-0.05, 0) is 68.7 Å². The Bertz CT molecular complexity index is 989. The third-order valence-electron chi connectivity index (χ3n) is 7.85. The molecule has 2 saturated heterocycles. The lowest BCUT2D eigenvalue weighted by Crippen LogP contribution is -2.58. The van der Waals surface area contributed by atoms with E-state index in [9.17, 15) is 13.2 Å². The molecule has 0 bridgehead atoms. The minimum absolute atomic E-state index is 0. The van der Waals surface area contributed by atoms with Gasteiger partial charge in [0, 0.05) is 43.8 Å². The molecule has 1 amide bonds. The summed E-state index contributed by atoms with van der Waals surface area (Å²) in [5.74, 6) is 0.385. The lowest BCUT2D eigenvalue weighted by atomic mass is 9.91. The first-order chi connectivity index (χ1) is 16.3. The predicted molar refractivity (Wildman–Crippen MR) is 135 cm³/mol. The molecule has 2 atom stereocenters. The number of rotatable bonds is 7. The Kier molecular flexibility index (Phi) is 8.03. The Morgan fingerprint density at radius 1 is 1.06 bits per heavy atom. The van der Waals surface area contributed by atoms with Gasteiger partial charge in [0.15, 0.2) is 0 Å². The molecular formula is C25H38ClN3O5S. The molecule has 35 heavy (non-hydrogen) atoms. The molecule has 10 heteroatoms. The summed E-state index contributed by atoms with van der Waals surface area (Å²) in [5, 5.41) is 9.64. The number of nitrogens with zero attached hydrogens (tertiary/aromatic N) is 3. The number of sulfonamides is 1. The number of β-amino-alcohol motifs (C(OH)–C–C–N with tert-alkyl or cyclic N) is 1. The summed E-state index contributed by atoms with van der Waals surface area (Å²) in [6, 6.07) is 5.99. The number of halogens is 1. The lowest BCUT2D eigenvalue weighted by Gasteiger charge is -2.45. The molecule has 8 nitrogen and oxygen atoms in total. The summed E-state index contributed by atoms with van der Waals surface area (Å²) in [6.45, 7) is 3.22. The van der Waals surface area contributed by atoms with Crippen LogP contribution in [0.2, 0.25) is 5.02 Å². The van der Waals surface area contributed by atoms with Gasteiger partial charge < -0.3 is 14.7 Å². The zero-order valence-corrected chi connectivity index (χ0v) is 21.0. The second kappa shape index (κ2) is 10.5. The van der Waals surface area contributed by atoms with Crippen LogP contribution in [0.25, 0.3) is 0 Å². The van der Waals surface area contributed by atoms with E-state index in [1.807, 2.05) is 0 Å².